The molecule has 3 fully saturated rings. The molecular weight excluding hydrogens is 1480 g/mol. The fraction of sp³-hybridized carbons (Fsp3) is 0.609. The largest absolute Gasteiger partial charge is 0.756 e. The van der Waals surface area contributed by atoms with Gasteiger partial charge in [0.15, 0.2) is 35.4 Å². The summed E-state index contributed by atoms with van der Waals surface area (Å²) < 4.78 is 38.3. The third kappa shape index (κ3) is 16.2. The number of nitrogens with one attached hydrogen (secondary N) is 1. The Balaban J connectivity index is 0.000000623. The number of allylic oxidation sites excluding steroid dienone is 6. The third-order valence-electron chi connectivity index (χ3n) is 22.9. The van der Waals surface area contributed by atoms with Crippen LogP contribution >= 0.6 is 7.82 Å². The fourth-order valence-electron chi connectivity index (χ4n) is 17.1. The molecule has 1 unspecified atom stereocenters. The van der Waals surface area contributed by atoms with Crippen LogP contribution in [0.3, 0.4) is 0 Å². The first-order valence-electron chi connectivity index (χ1n) is 35.4. The van der Waals surface area contributed by atoms with Crippen molar-refractivity contribution in [1.82, 2.24) is 44.4 Å². The third-order valence-corrected chi connectivity index (χ3v) is 24.0. The van der Waals surface area contributed by atoms with Gasteiger partial charge >= 0.3 is 0 Å². The molecule has 1 radical (unpaired) electrons. The summed E-state index contributed by atoms with van der Waals surface area (Å²) in [5, 5.41) is 49.5. The number of aliphatic imine (C=N–C) groups is 3. The van der Waals surface area contributed by atoms with Crippen molar-refractivity contribution in [2.45, 2.75) is 207 Å². The number of rotatable bonds is 27. The van der Waals surface area contributed by atoms with E-state index in [1.807, 2.05) is 47.6 Å². The van der Waals surface area contributed by atoms with Gasteiger partial charge in [-0.15, -0.1) is 0 Å². The summed E-state index contributed by atoms with van der Waals surface area (Å²) in [6.07, 6.45) is -6.45. The van der Waals surface area contributed by atoms with Crippen LogP contribution in [0.2, 0.25) is 0 Å². The number of amides is 7. The van der Waals surface area contributed by atoms with E-state index in [4.69, 9.17) is 84.7 Å². The fourth-order valence-corrected chi connectivity index (χ4v) is 18.3. The summed E-state index contributed by atoms with van der Waals surface area (Å²) >= 11 is 0. The molecule has 0 spiro atoms. The maximum atomic E-state index is 14.3. The van der Waals surface area contributed by atoms with Gasteiger partial charge in [-0.2, -0.15) is 5.70 Å². The van der Waals surface area contributed by atoms with Gasteiger partial charge in [0.05, 0.1) is 36.4 Å². The van der Waals surface area contributed by atoms with Crippen molar-refractivity contribution in [3.05, 3.63) is 71.4 Å². The average Bonchev–Trinajstić information content (AvgIpc) is 1.53. The molecule has 7 aliphatic heterocycles. The number of ether oxygens (including phenoxy) is 2. The van der Waals surface area contributed by atoms with E-state index in [-0.39, 0.29) is 110 Å². The minimum Gasteiger partial charge on any atom is -0.756 e. The molecule has 4 aromatic rings. The first-order chi connectivity index (χ1) is 50.4. The molecule has 109 heavy (non-hydrogen) atoms. The molecular formula is C69H97CoN21O17P-3. The Hall–Kier alpha value is -8.60. The number of aromatic nitrogens is 8. The molecule has 3 saturated heterocycles. The van der Waals surface area contributed by atoms with Crippen molar-refractivity contribution in [1.29, 1.82) is 0 Å². The Morgan fingerprint density at radius 2 is 1.35 bits per heavy atom. The summed E-state index contributed by atoms with van der Waals surface area (Å²) in [7, 11) is -5.37. The molecule has 11 rings (SSSR count). The van der Waals surface area contributed by atoms with Crippen LogP contribution in [-0.4, -0.2) is 185 Å². The van der Waals surface area contributed by atoms with Crippen LogP contribution in [0, 0.1) is 59.2 Å². The number of carbonyl (C=O) groups is 7. The summed E-state index contributed by atoms with van der Waals surface area (Å²) in [6.45, 7) is 20.2. The van der Waals surface area contributed by atoms with E-state index >= 15 is 0 Å². The second-order valence-electron chi connectivity index (χ2n) is 30.5. The van der Waals surface area contributed by atoms with Crippen LogP contribution in [0.4, 0.5) is 11.6 Å². The minimum absolute atomic E-state index is 0. The number of nitrogen functional groups attached to an aromatic ring is 2. The topological polar surface area (TPSA) is 636 Å². The Morgan fingerprint density at radius 1 is 0.734 bits per heavy atom. The predicted octanol–water partition coefficient (Wildman–Crippen LogP) is 0.238. The van der Waals surface area contributed by atoms with Crippen molar-refractivity contribution >= 4 is 100 Å². The molecule has 11 heterocycles. The van der Waals surface area contributed by atoms with Crippen LogP contribution in [0.15, 0.2) is 68.3 Å². The number of carbonyl (C=O) groups excluding carboxylic acids is 7. The van der Waals surface area contributed by atoms with Crippen LogP contribution < -0.4 is 56.1 Å². The summed E-state index contributed by atoms with van der Waals surface area (Å²) in [5.41, 5.74) is 46.4. The molecule has 0 saturated carbocycles. The number of primary amides is 6. The minimum atomic E-state index is -5.37. The van der Waals surface area contributed by atoms with E-state index in [1.54, 1.807) is 20.8 Å². The SMILES string of the molecule is C/C1=C2N=C(/C=C3N=C(/C(C)=C4\[N-][C@H]([C@H](CC(N)=O)[C@]4(C)CCC(=O)NC[C@H](C)OP(=O)([O-])O[C@H]4[C@@H](O)[C@@H](n5cnc6nc(C)nc(N)c65)O[C@@H]4CO)[C@]4(C)N=C1[C@@H](CCC(N)=O)[C@]4(C)CC(N)=O)[C@@H](CCC(N)=O)C\3(C)C)[C@@H](CCC(N)=O)[C@]/2(C)CC(N)=O.[CH2-][C@H]1O[C@@H](n2cnc3c(N)ncnc32)[C@H](O)[C@@H]1O.[Co]. The maximum absolute atomic E-state index is 14.3. The Labute approximate surface area is 637 Å². The van der Waals surface area contributed by atoms with E-state index in [9.17, 15) is 63.4 Å². The number of hydrogen-bond acceptors (Lipinski definition) is 28. The van der Waals surface area contributed by atoms with Gasteiger partial charge < -0.3 is 107 Å². The van der Waals surface area contributed by atoms with Crippen molar-refractivity contribution in [2.75, 3.05) is 24.6 Å². The van der Waals surface area contributed by atoms with Gasteiger partial charge in [-0.1, -0.05) is 40.7 Å². The summed E-state index contributed by atoms with van der Waals surface area (Å²) in [6, 6.07) is -1.07. The van der Waals surface area contributed by atoms with E-state index in [0.717, 1.165) is 0 Å². The van der Waals surface area contributed by atoms with Gasteiger partial charge in [-0.3, -0.25) is 62.2 Å². The average molecular weight is 1580 g/mol. The molecule has 21 N–H and O–H groups in total. The Bertz CT molecular complexity index is 4520. The van der Waals surface area contributed by atoms with Crippen molar-refractivity contribution in [3.8, 4) is 0 Å². The quantitative estimate of drug-likeness (QED) is 0.0281. The molecule has 19 atom stereocenters. The zero-order chi connectivity index (χ0) is 79.6. The standard InChI is InChI=1S/C59H87N16O14P.C10H12N5O3.Co/c1-26(88-90(85,86)89-48-35(24-76)87-54(47(48)84)75-25-68-53-46(75)52(66)69-29(4)70-53)23-67-43(83)17-18-56(7)33(19-40(63)80)51-59(10)58(9,22-42(65)82)32(13-16-39(62)79)45(74-59)28(3)50-57(8,21-41(64)81)30(11-14-37(60)77)34(71-50)20-36-55(5,6)31(12-15-38(61)78)44(72-36)27(2)49(56)73-51;1-4-6(16)7(17)10(18-4)15-3-14-5-8(11)12-2-13-9(5)15;/h20,25-26,30-33,35,47-48,51,54,76,84H,11-19,21-24H2,1-10H3,(H17,60,61,62,63,64,65,66,67,69,70,71,72,73,74,77,78,79,80,81,82,83,85,86);2-4,6-7,10,16-17H,1H2,(H2,11,12,13);/q;-1;/p-2/t26-,30+,31+,32+,33-,35+,47+,48+,51+,54-,56-,57-,58-,59-;4-,6-,7-,10-;/m01./s1. The van der Waals surface area contributed by atoms with Crippen LogP contribution in [0.5, 0.6) is 0 Å². The van der Waals surface area contributed by atoms with Crippen LogP contribution in [0.25, 0.3) is 27.6 Å². The molecule has 597 valence electrons. The Kier molecular flexibility index (Phi) is 24.8. The Morgan fingerprint density at radius 3 is 1.94 bits per heavy atom. The zero-order valence-corrected chi connectivity index (χ0v) is 64.1. The molecule has 38 nitrogen and oxygen atoms in total. The van der Waals surface area contributed by atoms with Gasteiger partial charge in [0.25, 0.3) is 7.82 Å². The van der Waals surface area contributed by atoms with Gasteiger partial charge in [-0.25, -0.2) is 29.9 Å². The molecule has 0 aliphatic carbocycles. The molecule has 8 bridgehead atoms. The molecule has 7 amide bonds. The molecule has 7 aliphatic rings. The molecule has 40 heteroatoms. The monoisotopic (exact) mass is 1580 g/mol. The van der Waals surface area contributed by atoms with Gasteiger partial charge in [0, 0.05) is 125 Å². The number of nitrogens with two attached hydrogens (primary N) is 8. The van der Waals surface area contributed by atoms with Gasteiger partial charge in [0.1, 0.15) is 53.9 Å². The summed E-state index contributed by atoms with van der Waals surface area (Å²) in [4.78, 5) is 148. The van der Waals surface area contributed by atoms with Gasteiger partial charge in [-0.05, 0) is 95.0 Å². The number of phosphoric ester groups is 1. The second-order valence-corrected chi connectivity index (χ2v) is 31.8. The van der Waals surface area contributed by atoms with Crippen molar-refractivity contribution in [3.63, 3.8) is 0 Å². The number of aryl methyl sites for hydroxylation is 1. The maximum Gasteiger partial charge on any atom is 0.268 e. The number of phosphoric acid groups is 1. The number of aliphatic hydroxyl groups excluding tert-OH is 4. The molecule has 0 aromatic carbocycles. The van der Waals surface area contributed by atoms with E-state index in [2.05, 4.69) is 42.1 Å². The second kappa shape index (κ2) is 32.0. The number of aliphatic hydroxyl groups is 4. The smallest absolute Gasteiger partial charge is 0.268 e. The number of hydrogen-bond donors (Lipinski definition) is 13. The zero-order valence-electron chi connectivity index (χ0n) is 62.2. The first kappa shape index (κ1) is 84.4. The van der Waals surface area contributed by atoms with E-state index in [0.29, 0.717) is 62.4 Å². The first-order valence-corrected chi connectivity index (χ1v) is 36.9. The van der Waals surface area contributed by atoms with E-state index in [1.165, 1.54) is 35.0 Å². The van der Waals surface area contributed by atoms with E-state index < -0.39 is 174 Å². The number of fused-ring (bicyclic) bond motifs is 8. The van der Waals surface area contributed by atoms with Crippen LogP contribution in [-0.2, 0) is 73.4 Å². The predicted molar refractivity (Wildman–Crippen MR) is 388 cm³/mol. The molecule has 4 aromatic heterocycles. The summed E-state index contributed by atoms with van der Waals surface area (Å²) in [5.74, 6) is -6.92. The normalized spacial score (nSPS) is 33.6. The van der Waals surface area contributed by atoms with Gasteiger partial charge in [0.2, 0.25) is 41.4 Å². The van der Waals surface area contributed by atoms with Crippen molar-refractivity contribution in [2.24, 2.45) is 94.7 Å². The number of imidazole rings is 2. The van der Waals surface area contributed by atoms with Crippen molar-refractivity contribution < 1.29 is 98.7 Å². The van der Waals surface area contributed by atoms with Crippen LogP contribution in [0.1, 0.15) is 151 Å². The number of nitrogens with zero attached hydrogens (tertiary/aromatic N) is 12. The number of anilines is 2.